The minimum absolute atomic E-state index is 0.0169. The third-order valence-corrected chi connectivity index (χ3v) is 3.28. The van der Waals surface area contributed by atoms with Gasteiger partial charge in [0.2, 0.25) is 5.88 Å². The lowest BCUT2D eigenvalue weighted by Gasteiger charge is -2.15. The van der Waals surface area contributed by atoms with Gasteiger partial charge in [-0.2, -0.15) is 0 Å². The molecule has 0 saturated heterocycles. The van der Waals surface area contributed by atoms with Gasteiger partial charge in [0.1, 0.15) is 18.1 Å². The van der Waals surface area contributed by atoms with Crippen LogP contribution in [0.15, 0.2) is 30.6 Å². The molecule has 6 heteroatoms. The van der Waals surface area contributed by atoms with Crippen LogP contribution in [-0.4, -0.2) is 28.2 Å². The second kappa shape index (κ2) is 6.30. The van der Waals surface area contributed by atoms with Crippen LogP contribution in [0.5, 0.6) is 5.88 Å². The first kappa shape index (κ1) is 14.9. The summed E-state index contributed by atoms with van der Waals surface area (Å²) in [4.78, 5) is 19.5. The number of carboxylic acid groups (broad SMARTS) is 1. The Hall–Kier alpha value is -2.50. The zero-order valence-electron chi connectivity index (χ0n) is 11.7. The average molecular weight is 290 g/mol. The van der Waals surface area contributed by atoms with Crippen molar-refractivity contribution in [1.82, 2.24) is 9.97 Å². The van der Waals surface area contributed by atoms with Crippen LogP contribution in [0.4, 0.5) is 4.39 Å². The van der Waals surface area contributed by atoms with Crippen LogP contribution in [0.25, 0.3) is 0 Å². The van der Waals surface area contributed by atoms with E-state index in [9.17, 15) is 14.3 Å². The van der Waals surface area contributed by atoms with E-state index in [-0.39, 0.29) is 6.42 Å². The molecule has 1 heterocycles. The van der Waals surface area contributed by atoms with Crippen LogP contribution in [0, 0.1) is 12.7 Å². The van der Waals surface area contributed by atoms with Gasteiger partial charge in [-0.1, -0.05) is 18.2 Å². The summed E-state index contributed by atoms with van der Waals surface area (Å²) in [5.74, 6) is -2.14. The first-order valence-corrected chi connectivity index (χ1v) is 6.36. The van der Waals surface area contributed by atoms with Crippen LogP contribution in [0.2, 0.25) is 0 Å². The Bertz CT molecular complexity index is 661. The van der Waals surface area contributed by atoms with Crippen molar-refractivity contribution in [2.75, 3.05) is 7.11 Å². The Kier molecular flexibility index (Phi) is 4.47. The molecule has 1 atom stereocenters. The summed E-state index contributed by atoms with van der Waals surface area (Å²) in [5, 5.41) is 9.44. The van der Waals surface area contributed by atoms with Gasteiger partial charge in [-0.15, -0.1) is 0 Å². The predicted molar refractivity (Wildman–Crippen MR) is 73.8 cm³/mol. The van der Waals surface area contributed by atoms with Crippen molar-refractivity contribution < 1.29 is 19.0 Å². The molecule has 1 aromatic heterocycles. The molecule has 0 bridgehead atoms. The number of nitrogens with zero attached hydrogens (tertiary/aromatic N) is 2. The quantitative estimate of drug-likeness (QED) is 0.915. The molecule has 1 unspecified atom stereocenters. The molecule has 0 amide bonds. The summed E-state index contributed by atoms with van der Waals surface area (Å²) in [7, 11) is 1.45. The Balaban J connectivity index is 2.41. The molecule has 1 N–H and O–H groups in total. The normalized spacial score (nSPS) is 12.0. The van der Waals surface area contributed by atoms with Gasteiger partial charge in [0, 0.05) is 5.56 Å². The largest absolute Gasteiger partial charge is 0.481 e. The minimum atomic E-state index is -1.07. The number of aromatic nitrogens is 2. The number of carboxylic acids is 1. The number of hydrogen-bond donors (Lipinski definition) is 1. The van der Waals surface area contributed by atoms with Crippen molar-refractivity contribution in [2.45, 2.75) is 19.3 Å². The van der Waals surface area contributed by atoms with Crippen LogP contribution in [-0.2, 0) is 11.2 Å². The van der Waals surface area contributed by atoms with E-state index in [1.807, 2.05) is 0 Å². The molecular formula is C15H15FN2O3. The Morgan fingerprint density at radius 2 is 2.10 bits per heavy atom. The SMILES string of the molecule is COc1ncnc(C(Cc2ccccc2F)C(=O)O)c1C. The van der Waals surface area contributed by atoms with Gasteiger partial charge in [-0.3, -0.25) is 4.79 Å². The molecular weight excluding hydrogens is 275 g/mol. The van der Waals surface area contributed by atoms with Crippen molar-refractivity contribution in [1.29, 1.82) is 0 Å². The van der Waals surface area contributed by atoms with Gasteiger partial charge in [0.15, 0.2) is 0 Å². The summed E-state index contributed by atoms with van der Waals surface area (Å²) < 4.78 is 18.8. The number of methoxy groups -OCH3 is 1. The predicted octanol–water partition coefficient (Wildman–Crippen LogP) is 2.34. The Morgan fingerprint density at radius 3 is 2.71 bits per heavy atom. The highest BCUT2D eigenvalue weighted by atomic mass is 19.1. The van der Waals surface area contributed by atoms with E-state index in [2.05, 4.69) is 9.97 Å². The van der Waals surface area contributed by atoms with Crippen LogP contribution in [0.1, 0.15) is 22.7 Å². The minimum Gasteiger partial charge on any atom is -0.481 e. The van der Waals surface area contributed by atoms with E-state index in [0.29, 0.717) is 22.7 Å². The fourth-order valence-electron chi connectivity index (χ4n) is 2.19. The van der Waals surface area contributed by atoms with E-state index in [4.69, 9.17) is 4.74 Å². The van der Waals surface area contributed by atoms with Crippen molar-refractivity contribution in [3.8, 4) is 5.88 Å². The van der Waals surface area contributed by atoms with Crippen molar-refractivity contribution in [3.05, 3.63) is 53.2 Å². The summed E-state index contributed by atoms with van der Waals surface area (Å²) >= 11 is 0. The third kappa shape index (κ3) is 3.16. The molecule has 21 heavy (non-hydrogen) atoms. The summed E-state index contributed by atoms with van der Waals surface area (Å²) in [6.45, 7) is 1.69. The molecule has 0 fully saturated rings. The lowest BCUT2D eigenvalue weighted by atomic mass is 9.93. The molecule has 5 nitrogen and oxygen atoms in total. The number of ether oxygens (including phenoxy) is 1. The Morgan fingerprint density at radius 1 is 1.38 bits per heavy atom. The van der Waals surface area contributed by atoms with Crippen LogP contribution < -0.4 is 4.74 Å². The van der Waals surface area contributed by atoms with Crippen LogP contribution in [0.3, 0.4) is 0 Å². The highest BCUT2D eigenvalue weighted by Crippen LogP contribution is 2.27. The van der Waals surface area contributed by atoms with Gasteiger partial charge in [-0.05, 0) is 25.0 Å². The van der Waals surface area contributed by atoms with Crippen molar-refractivity contribution >= 4 is 5.97 Å². The Labute approximate surface area is 121 Å². The lowest BCUT2D eigenvalue weighted by molar-refractivity contribution is -0.138. The molecule has 2 rings (SSSR count). The molecule has 1 aromatic carbocycles. The summed E-state index contributed by atoms with van der Waals surface area (Å²) in [6.07, 6.45) is 1.27. The molecule has 0 aliphatic carbocycles. The number of carbonyl (C=O) groups is 1. The molecule has 0 saturated carbocycles. The number of hydrogen-bond acceptors (Lipinski definition) is 4. The second-order valence-electron chi connectivity index (χ2n) is 4.58. The maximum Gasteiger partial charge on any atom is 0.312 e. The van der Waals surface area contributed by atoms with Crippen molar-refractivity contribution in [2.24, 2.45) is 0 Å². The fraction of sp³-hybridized carbons (Fsp3) is 0.267. The first-order chi connectivity index (χ1) is 10.0. The van der Waals surface area contributed by atoms with Gasteiger partial charge in [-0.25, -0.2) is 14.4 Å². The highest BCUT2D eigenvalue weighted by Gasteiger charge is 2.26. The maximum atomic E-state index is 13.7. The molecule has 110 valence electrons. The molecule has 0 spiro atoms. The molecule has 2 aromatic rings. The number of halogens is 1. The van der Waals surface area contributed by atoms with E-state index in [1.54, 1.807) is 25.1 Å². The van der Waals surface area contributed by atoms with Gasteiger partial charge >= 0.3 is 5.97 Å². The average Bonchev–Trinajstić information content (AvgIpc) is 2.47. The van der Waals surface area contributed by atoms with Crippen molar-refractivity contribution in [3.63, 3.8) is 0 Å². The maximum absolute atomic E-state index is 13.7. The summed E-state index contributed by atoms with van der Waals surface area (Å²) in [6, 6.07) is 6.11. The number of rotatable bonds is 5. The third-order valence-electron chi connectivity index (χ3n) is 3.28. The molecule has 0 aliphatic heterocycles. The highest BCUT2D eigenvalue weighted by molar-refractivity contribution is 5.76. The molecule has 0 aliphatic rings. The van der Waals surface area contributed by atoms with Gasteiger partial charge in [0.25, 0.3) is 0 Å². The van der Waals surface area contributed by atoms with E-state index >= 15 is 0 Å². The van der Waals surface area contributed by atoms with Crippen LogP contribution >= 0.6 is 0 Å². The topological polar surface area (TPSA) is 72.3 Å². The zero-order valence-corrected chi connectivity index (χ0v) is 11.7. The first-order valence-electron chi connectivity index (χ1n) is 6.36. The lowest BCUT2D eigenvalue weighted by Crippen LogP contribution is -2.18. The van der Waals surface area contributed by atoms with Gasteiger partial charge in [0.05, 0.1) is 12.8 Å². The van der Waals surface area contributed by atoms with E-state index in [1.165, 1.54) is 19.5 Å². The van der Waals surface area contributed by atoms with Gasteiger partial charge < -0.3 is 9.84 Å². The number of benzene rings is 1. The summed E-state index contributed by atoms with van der Waals surface area (Å²) in [5.41, 5.74) is 1.21. The molecule has 0 radical (unpaired) electrons. The monoisotopic (exact) mass is 290 g/mol. The smallest absolute Gasteiger partial charge is 0.312 e. The number of aliphatic carboxylic acids is 1. The van der Waals surface area contributed by atoms with E-state index in [0.717, 1.165) is 0 Å². The standard InChI is InChI=1S/C15H15FN2O3/c1-9-13(17-8-18-14(9)21-2)11(15(19)20)7-10-5-3-4-6-12(10)16/h3-6,8,11H,7H2,1-2H3,(H,19,20). The fourth-order valence-corrected chi connectivity index (χ4v) is 2.19. The zero-order chi connectivity index (χ0) is 15.4. The van der Waals surface area contributed by atoms with E-state index < -0.39 is 17.7 Å². The second-order valence-corrected chi connectivity index (χ2v) is 4.58.